The lowest BCUT2D eigenvalue weighted by Crippen LogP contribution is -2.39. The van der Waals surface area contributed by atoms with Crippen molar-refractivity contribution >= 4 is 5.91 Å². The Kier molecular flexibility index (Phi) is 4.10. The highest BCUT2D eigenvalue weighted by atomic mass is 16.5. The molecule has 1 aromatic rings. The van der Waals surface area contributed by atoms with Gasteiger partial charge in [-0.15, -0.1) is 0 Å². The second-order valence-corrected chi connectivity index (χ2v) is 5.61. The van der Waals surface area contributed by atoms with Gasteiger partial charge in [0.1, 0.15) is 5.75 Å². The highest BCUT2D eigenvalue weighted by molar-refractivity contribution is 5.94. The van der Waals surface area contributed by atoms with Gasteiger partial charge in [-0.2, -0.15) is 0 Å². The quantitative estimate of drug-likeness (QED) is 0.879. The van der Waals surface area contributed by atoms with E-state index in [0.717, 1.165) is 31.6 Å². The number of rotatable bonds is 3. The fraction of sp³-hybridized carbons (Fsp3) is 0.533. The van der Waals surface area contributed by atoms with Crippen molar-refractivity contribution in [3.63, 3.8) is 0 Å². The molecule has 1 aliphatic rings. The van der Waals surface area contributed by atoms with E-state index in [9.17, 15) is 9.90 Å². The number of ether oxygens (including phenoxy) is 1. The molecule has 0 unspecified atom stereocenters. The Morgan fingerprint density at radius 3 is 2.74 bits per heavy atom. The second-order valence-electron chi connectivity index (χ2n) is 5.61. The first-order chi connectivity index (χ1) is 9.00. The molecule has 0 atom stereocenters. The summed E-state index contributed by atoms with van der Waals surface area (Å²) in [5.41, 5.74) is 1.38. The first kappa shape index (κ1) is 13.9. The van der Waals surface area contributed by atoms with Crippen molar-refractivity contribution < 1.29 is 14.6 Å². The molecule has 0 bridgehead atoms. The summed E-state index contributed by atoms with van der Waals surface area (Å²) in [6.45, 7) is 6.14. The zero-order valence-corrected chi connectivity index (χ0v) is 11.5. The van der Waals surface area contributed by atoms with Crippen molar-refractivity contribution in [2.75, 3.05) is 19.8 Å². The van der Waals surface area contributed by atoms with Crippen LogP contribution < -0.4 is 5.32 Å². The number of aromatic hydroxyl groups is 1. The second kappa shape index (κ2) is 5.61. The maximum atomic E-state index is 12.0. The molecule has 0 saturated carbocycles. The number of aryl methyl sites for hydroxylation is 1. The number of amides is 1. The van der Waals surface area contributed by atoms with E-state index in [1.54, 1.807) is 19.1 Å². The van der Waals surface area contributed by atoms with Crippen LogP contribution in [0, 0.1) is 12.3 Å². The van der Waals surface area contributed by atoms with Gasteiger partial charge in [-0.1, -0.05) is 13.0 Å². The van der Waals surface area contributed by atoms with Gasteiger partial charge in [-0.05, 0) is 42.9 Å². The molecule has 1 fully saturated rings. The largest absolute Gasteiger partial charge is 0.508 e. The fourth-order valence-electron chi connectivity index (χ4n) is 2.19. The Balaban J connectivity index is 1.95. The van der Waals surface area contributed by atoms with Crippen molar-refractivity contribution in [2.24, 2.45) is 5.41 Å². The predicted octanol–water partition coefficient (Wildman–Crippen LogP) is 2.25. The minimum atomic E-state index is -0.136. The zero-order valence-electron chi connectivity index (χ0n) is 11.5. The first-order valence-corrected chi connectivity index (χ1v) is 6.66. The summed E-state index contributed by atoms with van der Waals surface area (Å²) in [5, 5.41) is 12.6. The number of carbonyl (C=O) groups excluding carboxylic acids is 1. The summed E-state index contributed by atoms with van der Waals surface area (Å²) in [5.74, 6) is 0.0212. The van der Waals surface area contributed by atoms with Gasteiger partial charge in [0.2, 0.25) is 0 Å². The van der Waals surface area contributed by atoms with Crippen LogP contribution in [0.15, 0.2) is 18.2 Å². The van der Waals surface area contributed by atoms with Gasteiger partial charge in [0.15, 0.2) is 0 Å². The Morgan fingerprint density at radius 1 is 1.42 bits per heavy atom. The van der Waals surface area contributed by atoms with Crippen LogP contribution in [0.2, 0.25) is 0 Å². The molecule has 1 aliphatic heterocycles. The molecule has 1 amide bonds. The summed E-state index contributed by atoms with van der Waals surface area (Å²) in [4.78, 5) is 12.0. The summed E-state index contributed by atoms with van der Waals surface area (Å²) in [6.07, 6.45) is 1.93. The standard InChI is InChI=1S/C15H21NO3/c1-11-3-4-12(9-13(11)17)14(18)16-10-15(2)5-7-19-8-6-15/h3-4,9,17H,5-8,10H2,1-2H3,(H,16,18). The van der Waals surface area contributed by atoms with Crippen molar-refractivity contribution in [1.29, 1.82) is 0 Å². The first-order valence-electron chi connectivity index (χ1n) is 6.66. The molecular formula is C15H21NO3. The van der Waals surface area contributed by atoms with Gasteiger partial charge in [0.05, 0.1) is 0 Å². The molecule has 2 N–H and O–H groups in total. The van der Waals surface area contributed by atoms with Crippen molar-refractivity contribution in [3.8, 4) is 5.75 Å². The molecule has 1 aromatic carbocycles. The smallest absolute Gasteiger partial charge is 0.251 e. The van der Waals surface area contributed by atoms with Crippen LogP contribution >= 0.6 is 0 Å². The van der Waals surface area contributed by atoms with Gasteiger partial charge in [0, 0.05) is 25.3 Å². The molecule has 0 aromatic heterocycles. The summed E-state index contributed by atoms with van der Waals surface area (Å²) >= 11 is 0. The van der Waals surface area contributed by atoms with Gasteiger partial charge >= 0.3 is 0 Å². The number of phenolic OH excluding ortho intramolecular Hbond substituents is 1. The minimum absolute atomic E-state index is 0.112. The third kappa shape index (κ3) is 3.47. The zero-order chi connectivity index (χ0) is 13.9. The average molecular weight is 263 g/mol. The summed E-state index contributed by atoms with van der Waals surface area (Å²) < 4.78 is 5.34. The molecule has 19 heavy (non-hydrogen) atoms. The maximum absolute atomic E-state index is 12.0. The van der Waals surface area contributed by atoms with Gasteiger partial charge in [-0.25, -0.2) is 0 Å². The van der Waals surface area contributed by atoms with E-state index in [2.05, 4.69) is 12.2 Å². The molecule has 4 nitrogen and oxygen atoms in total. The van der Waals surface area contributed by atoms with E-state index in [-0.39, 0.29) is 17.1 Å². The van der Waals surface area contributed by atoms with Crippen LogP contribution in [0.1, 0.15) is 35.7 Å². The number of benzene rings is 1. The summed E-state index contributed by atoms with van der Waals surface area (Å²) in [7, 11) is 0. The normalized spacial score (nSPS) is 18.0. The van der Waals surface area contributed by atoms with Gasteiger partial charge in [-0.3, -0.25) is 4.79 Å². The Bertz CT molecular complexity index is 464. The number of phenols is 1. The third-order valence-electron chi connectivity index (χ3n) is 3.85. The van der Waals surface area contributed by atoms with Crippen molar-refractivity contribution in [1.82, 2.24) is 5.32 Å². The van der Waals surface area contributed by atoms with Crippen LogP contribution in [-0.4, -0.2) is 30.8 Å². The molecular weight excluding hydrogens is 242 g/mol. The van der Waals surface area contributed by atoms with E-state index in [0.29, 0.717) is 12.1 Å². The van der Waals surface area contributed by atoms with Crippen molar-refractivity contribution in [2.45, 2.75) is 26.7 Å². The van der Waals surface area contributed by atoms with Crippen LogP contribution in [-0.2, 0) is 4.74 Å². The van der Waals surface area contributed by atoms with E-state index < -0.39 is 0 Å². The van der Waals surface area contributed by atoms with Gasteiger partial charge < -0.3 is 15.2 Å². The number of carbonyl (C=O) groups is 1. The number of hydrogen-bond donors (Lipinski definition) is 2. The minimum Gasteiger partial charge on any atom is -0.508 e. The van der Waals surface area contributed by atoms with E-state index in [1.165, 1.54) is 6.07 Å². The average Bonchev–Trinajstić information content (AvgIpc) is 2.40. The summed E-state index contributed by atoms with van der Waals surface area (Å²) in [6, 6.07) is 4.99. The van der Waals surface area contributed by atoms with Crippen LogP contribution in [0.5, 0.6) is 5.75 Å². The molecule has 4 heteroatoms. The highest BCUT2D eigenvalue weighted by Crippen LogP contribution is 2.28. The third-order valence-corrected chi connectivity index (χ3v) is 3.85. The Labute approximate surface area is 113 Å². The topological polar surface area (TPSA) is 58.6 Å². The molecule has 0 radical (unpaired) electrons. The lowest BCUT2D eigenvalue weighted by Gasteiger charge is -2.33. The van der Waals surface area contributed by atoms with Gasteiger partial charge in [0.25, 0.3) is 5.91 Å². The molecule has 2 rings (SSSR count). The molecule has 0 aliphatic carbocycles. The Morgan fingerprint density at radius 2 is 2.11 bits per heavy atom. The monoisotopic (exact) mass is 263 g/mol. The lowest BCUT2D eigenvalue weighted by atomic mass is 9.82. The SMILES string of the molecule is Cc1ccc(C(=O)NCC2(C)CCOCC2)cc1O. The highest BCUT2D eigenvalue weighted by Gasteiger charge is 2.27. The van der Waals surface area contributed by atoms with E-state index in [1.807, 2.05) is 0 Å². The predicted molar refractivity (Wildman–Crippen MR) is 73.3 cm³/mol. The van der Waals surface area contributed by atoms with Crippen molar-refractivity contribution in [3.05, 3.63) is 29.3 Å². The molecule has 1 heterocycles. The molecule has 104 valence electrons. The van der Waals surface area contributed by atoms with Crippen LogP contribution in [0.25, 0.3) is 0 Å². The van der Waals surface area contributed by atoms with E-state index in [4.69, 9.17) is 4.74 Å². The lowest BCUT2D eigenvalue weighted by molar-refractivity contribution is 0.0238. The molecule has 1 saturated heterocycles. The number of nitrogens with one attached hydrogen (secondary N) is 1. The van der Waals surface area contributed by atoms with Crippen LogP contribution in [0.3, 0.4) is 0 Å². The Hall–Kier alpha value is -1.55. The maximum Gasteiger partial charge on any atom is 0.251 e. The molecule has 0 spiro atoms. The van der Waals surface area contributed by atoms with Crippen LogP contribution in [0.4, 0.5) is 0 Å². The van der Waals surface area contributed by atoms with E-state index >= 15 is 0 Å². The number of hydrogen-bond acceptors (Lipinski definition) is 3. The fourth-order valence-corrected chi connectivity index (χ4v) is 2.19.